The van der Waals surface area contributed by atoms with Gasteiger partial charge in [0, 0.05) is 0 Å². The number of rotatable bonds is 0. The molecule has 0 radical (unpaired) electrons. The molecule has 0 bridgehead atoms. The summed E-state index contributed by atoms with van der Waals surface area (Å²) >= 11 is 6.02. The van der Waals surface area contributed by atoms with E-state index in [2.05, 4.69) is 26.8 Å². The van der Waals surface area contributed by atoms with Crippen LogP contribution >= 0.6 is 11.6 Å². The van der Waals surface area contributed by atoms with Crippen LogP contribution in [0.15, 0.2) is 12.1 Å². The van der Waals surface area contributed by atoms with Crippen LogP contribution in [0.1, 0.15) is 37.8 Å². The van der Waals surface area contributed by atoms with Crippen molar-refractivity contribution in [3.8, 4) is 5.75 Å². The molecule has 0 aromatic heterocycles. The molecule has 0 saturated heterocycles. The summed E-state index contributed by atoms with van der Waals surface area (Å²) in [6.07, 6.45) is 3.45. The van der Waals surface area contributed by atoms with Crippen LogP contribution in [0.2, 0.25) is 5.02 Å². The van der Waals surface area contributed by atoms with E-state index in [1.807, 2.05) is 6.07 Å². The molecule has 1 heterocycles. The van der Waals surface area contributed by atoms with E-state index in [9.17, 15) is 0 Å². The van der Waals surface area contributed by atoms with Crippen LogP contribution in [-0.2, 0) is 6.42 Å². The van der Waals surface area contributed by atoms with Crippen molar-refractivity contribution in [3.63, 3.8) is 0 Å². The number of hydrogen-bond donors (Lipinski definition) is 0. The normalized spacial score (nSPS) is 13.3. The zero-order valence-electron chi connectivity index (χ0n) is 9.77. The largest absolute Gasteiger partial charge is 0.492 e. The third-order valence-electron chi connectivity index (χ3n) is 2.10. The Morgan fingerprint density at radius 1 is 1.33 bits per heavy atom. The van der Waals surface area contributed by atoms with Crippen LogP contribution in [-0.4, -0.2) is 6.61 Å². The van der Waals surface area contributed by atoms with Gasteiger partial charge in [0.25, 0.3) is 0 Å². The first-order chi connectivity index (χ1) is 7.19. The molecular weight excluding hydrogens is 208 g/mol. The fraction of sp³-hybridized carbons (Fsp3) is 0.538. The lowest BCUT2D eigenvalue weighted by Crippen LogP contribution is -2.08. The van der Waals surface area contributed by atoms with Crippen LogP contribution in [0.3, 0.4) is 0 Å². The highest BCUT2D eigenvalue weighted by molar-refractivity contribution is 6.32. The summed E-state index contributed by atoms with van der Waals surface area (Å²) in [6.45, 7) is 7.11. The first-order valence-corrected chi connectivity index (χ1v) is 5.98. The number of benzene rings is 1. The minimum absolute atomic E-state index is 0.754. The Hall–Kier alpha value is -0.690. The summed E-state index contributed by atoms with van der Waals surface area (Å²) in [5, 5.41) is 0.754. The highest BCUT2D eigenvalue weighted by Crippen LogP contribution is 2.33. The van der Waals surface area contributed by atoms with Crippen molar-refractivity contribution < 1.29 is 4.74 Å². The van der Waals surface area contributed by atoms with Gasteiger partial charge in [-0.3, -0.25) is 0 Å². The summed E-state index contributed by atoms with van der Waals surface area (Å²) in [6, 6.07) is 4.10. The lowest BCUT2D eigenvalue weighted by molar-refractivity contribution is 0.288. The SMILES string of the molecule is CCC.Cc1cc(Cl)c2c(c1)CCCO2. The molecule has 0 aliphatic carbocycles. The minimum Gasteiger partial charge on any atom is -0.492 e. The number of hydrogen-bond acceptors (Lipinski definition) is 1. The topological polar surface area (TPSA) is 9.23 Å². The fourth-order valence-electron chi connectivity index (χ4n) is 1.59. The third kappa shape index (κ3) is 3.42. The maximum atomic E-state index is 6.02. The molecule has 15 heavy (non-hydrogen) atoms. The van der Waals surface area contributed by atoms with E-state index in [1.54, 1.807) is 0 Å². The van der Waals surface area contributed by atoms with Gasteiger partial charge in [-0.15, -0.1) is 0 Å². The Bertz CT molecular complexity index is 321. The van der Waals surface area contributed by atoms with Gasteiger partial charge in [0.15, 0.2) is 0 Å². The summed E-state index contributed by atoms with van der Waals surface area (Å²) < 4.78 is 5.48. The van der Waals surface area contributed by atoms with Crippen molar-refractivity contribution in [2.45, 2.75) is 40.0 Å². The Balaban J connectivity index is 0.000000337. The first kappa shape index (κ1) is 12.4. The Morgan fingerprint density at radius 2 is 2.00 bits per heavy atom. The summed E-state index contributed by atoms with van der Waals surface area (Å²) in [5.74, 6) is 0.897. The molecule has 0 atom stereocenters. The fourth-order valence-corrected chi connectivity index (χ4v) is 1.93. The summed E-state index contributed by atoms with van der Waals surface area (Å²) in [7, 11) is 0. The highest BCUT2D eigenvalue weighted by Gasteiger charge is 2.13. The summed E-state index contributed by atoms with van der Waals surface area (Å²) in [5.41, 5.74) is 2.47. The second kappa shape index (κ2) is 6.02. The van der Waals surface area contributed by atoms with E-state index in [1.165, 1.54) is 17.5 Å². The highest BCUT2D eigenvalue weighted by atomic mass is 35.5. The van der Waals surface area contributed by atoms with Crippen LogP contribution in [0.5, 0.6) is 5.75 Å². The van der Waals surface area contributed by atoms with Crippen LogP contribution in [0.4, 0.5) is 0 Å². The van der Waals surface area contributed by atoms with Crippen LogP contribution in [0.25, 0.3) is 0 Å². The van der Waals surface area contributed by atoms with Gasteiger partial charge in [0.2, 0.25) is 0 Å². The molecular formula is C13H19ClO. The van der Waals surface area contributed by atoms with E-state index in [-0.39, 0.29) is 0 Å². The molecule has 0 N–H and O–H groups in total. The molecule has 2 heteroatoms. The van der Waals surface area contributed by atoms with Crippen LogP contribution < -0.4 is 4.74 Å². The van der Waals surface area contributed by atoms with Gasteiger partial charge in [-0.2, -0.15) is 0 Å². The van der Waals surface area contributed by atoms with Crippen molar-refractivity contribution in [1.82, 2.24) is 0 Å². The van der Waals surface area contributed by atoms with Gasteiger partial charge in [-0.25, -0.2) is 0 Å². The van der Waals surface area contributed by atoms with Gasteiger partial charge in [0.05, 0.1) is 11.6 Å². The molecule has 1 aliphatic heterocycles. The molecule has 1 aromatic rings. The Kier molecular flexibility index (Phi) is 4.97. The zero-order chi connectivity index (χ0) is 11.3. The molecule has 0 unspecified atom stereocenters. The maximum Gasteiger partial charge on any atom is 0.141 e. The second-order valence-electron chi connectivity index (χ2n) is 3.89. The lowest BCUT2D eigenvalue weighted by atomic mass is 10.0. The van der Waals surface area contributed by atoms with Gasteiger partial charge >= 0.3 is 0 Å². The number of aryl methyl sites for hydroxylation is 2. The average Bonchev–Trinajstić information content (AvgIpc) is 2.18. The third-order valence-corrected chi connectivity index (χ3v) is 2.38. The lowest BCUT2D eigenvalue weighted by Gasteiger charge is -2.18. The maximum absolute atomic E-state index is 6.02. The monoisotopic (exact) mass is 226 g/mol. The predicted octanol–water partition coefficient (Wildman–Crippen LogP) is 4.39. The van der Waals surface area contributed by atoms with Gasteiger partial charge in [0.1, 0.15) is 5.75 Å². The molecule has 1 nitrogen and oxygen atoms in total. The van der Waals surface area contributed by atoms with Crippen molar-refractivity contribution >= 4 is 11.6 Å². The van der Waals surface area contributed by atoms with Crippen molar-refractivity contribution in [2.24, 2.45) is 0 Å². The van der Waals surface area contributed by atoms with Gasteiger partial charge in [-0.05, 0) is 37.0 Å². The number of fused-ring (bicyclic) bond motifs is 1. The zero-order valence-corrected chi connectivity index (χ0v) is 10.5. The Labute approximate surface area is 97.4 Å². The van der Waals surface area contributed by atoms with Crippen molar-refractivity contribution in [1.29, 1.82) is 0 Å². The molecule has 84 valence electrons. The number of halogens is 1. The number of ether oxygens (including phenoxy) is 1. The molecule has 0 fully saturated rings. The van der Waals surface area contributed by atoms with E-state index >= 15 is 0 Å². The van der Waals surface area contributed by atoms with Gasteiger partial charge < -0.3 is 4.74 Å². The molecule has 2 rings (SSSR count). The first-order valence-electron chi connectivity index (χ1n) is 5.60. The average molecular weight is 227 g/mol. The van der Waals surface area contributed by atoms with Crippen LogP contribution in [0, 0.1) is 6.92 Å². The Morgan fingerprint density at radius 3 is 2.67 bits per heavy atom. The van der Waals surface area contributed by atoms with Crippen molar-refractivity contribution in [2.75, 3.05) is 6.61 Å². The smallest absolute Gasteiger partial charge is 0.141 e. The molecule has 0 spiro atoms. The second-order valence-corrected chi connectivity index (χ2v) is 4.30. The minimum atomic E-state index is 0.754. The standard InChI is InChI=1S/C10H11ClO.C3H8/c1-7-5-8-3-2-4-12-10(8)9(11)6-7;1-3-2/h5-6H,2-4H2,1H3;3H2,1-2H3. The van der Waals surface area contributed by atoms with Crippen molar-refractivity contribution in [3.05, 3.63) is 28.3 Å². The summed E-state index contributed by atoms with van der Waals surface area (Å²) in [4.78, 5) is 0. The molecule has 1 aromatic carbocycles. The molecule has 1 aliphatic rings. The van der Waals surface area contributed by atoms with E-state index in [4.69, 9.17) is 16.3 Å². The van der Waals surface area contributed by atoms with E-state index in [0.29, 0.717) is 0 Å². The van der Waals surface area contributed by atoms with E-state index < -0.39 is 0 Å². The molecule has 0 saturated carbocycles. The van der Waals surface area contributed by atoms with E-state index in [0.717, 1.165) is 30.2 Å². The molecule has 0 amide bonds. The predicted molar refractivity (Wildman–Crippen MR) is 66.0 cm³/mol. The quantitative estimate of drug-likeness (QED) is 0.638. The van der Waals surface area contributed by atoms with Gasteiger partial charge in [-0.1, -0.05) is 37.9 Å².